The Morgan fingerprint density at radius 2 is 2.21 bits per heavy atom. The van der Waals surface area contributed by atoms with E-state index in [1.54, 1.807) is 0 Å². The van der Waals surface area contributed by atoms with Crippen LogP contribution in [0.15, 0.2) is 33.3 Å². The number of halogens is 1. The molecule has 100 valence electrons. The van der Waals surface area contributed by atoms with Gasteiger partial charge in [-0.3, -0.25) is 0 Å². The van der Waals surface area contributed by atoms with Gasteiger partial charge in [0.2, 0.25) is 5.82 Å². The van der Waals surface area contributed by atoms with E-state index in [4.69, 9.17) is 9.26 Å². The van der Waals surface area contributed by atoms with Crippen molar-refractivity contribution in [2.45, 2.75) is 19.1 Å². The molecule has 0 amide bonds. The van der Waals surface area contributed by atoms with E-state index in [0.717, 1.165) is 23.1 Å². The molecule has 3 rings (SSSR count). The van der Waals surface area contributed by atoms with Gasteiger partial charge in [-0.05, 0) is 19.1 Å². The van der Waals surface area contributed by atoms with Crippen molar-refractivity contribution in [2.24, 2.45) is 0 Å². The molecular weight excluding hydrogens is 310 g/mol. The largest absolute Gasteiger partial charge is 0.363 e. The predicted molar refractivity (Wildman–Crippen MR) is 73.5 cm³/mol. The van der Waals surface area contributed by atoms with Gasteiger partial charge in [0.15, 0.2) is 0 Å². The van der Waals surface area contributed by atoms with Crippen LogP contribution in [0.3, 0.4) is 0 Å². The van der Waals surface area contributed by atoms with Gasteiger partial charge in [-0.15, -0.1) is 0 Å². The molecule has 0 radical (unpaired) electrons. The van der Waals surface area contributed by atoms with Gasteiger partial charge in [-0.1, -0.05) is 33.2 Å². The monoisotopic (exact) mass is 323 g/mol. The van der Waals surface area contributed by atoms with Crippen molar-refractivity contribution in [3.63, 3.8) is 0 Å². The van der Waals surface area contributed by atoms with Crippen LogP contribution in [0.1, 0.15) is 12.8 Å². The first-order valence-corrected chi connectivity index (χ1v) is 6.88. The summed E-state index contributed by atoms with van der Waals surface area (Å²) in [4.78, 5) is 4.35. The number of ether oxygens (including phenoxy) is 1. The van der Waals surface area contributed by atoms with Gasteiger partial charge < -0.3 is 14.6 Å². The lowest BCUT2D eigenvalue weighted by molar-refractivity contribution is -0.0841. The minimum Gasteiger partial charge on any atom is -0.363 e. The number of nitrogens with zero attached hydrogens (tertiary/aromatic N) is 2. The molecule has 0 spiro atoms. The van der Waals surface area contributed by atoms with Gasteiger partial charge in [0.05, 0.1) is 5.60 Å². The maximum atomic E-state index is 5.76. The molecule has 1 saturated heterocycles. The number of rotatable bonds is 4. The fourth-order valence-corrected chi connectivity index (χ4v) is 2.34. The highest BCUT2D eigenvalue weighted by Crippen LogP contribution is 2.26. The minimum absolute atomic E-state index is 0.109. The lowest BCUT2D eigenvalue weighted by Gasteiger charge is -2.38. The van der Waals surface area contributed by atoms with E-state index in [9.17, 15) is 0 Å². The maximum Gasteiger partial charge on any atom is 0.252 e. The topological polar surface area (TPSA) is 60.2 Å². The van der Waals surface area contributed by atoms with Crippen LogP contribution < -0.4 is 5.32 Å². The summed E-state index contributed by atoms with van der Waals surface area (Å²) in [5.41, 5.74) is 0.802. The fourth-order valence-electron chi connectivity index (χ4n) is 1.88. The van der Waals surface area contributed by atoms with Gasteiger partial charge >= 0.3 is 0 Å². The predicted octanol–water partition coefficient (Wildman–Crippen LogP) is 2.38. The van der Waals surface area contributed by atoms with Crippen LogP contribution in [-0.4, -0.2) is 28.8 Å². The van der Waals surface area contributed by atoms with E-state index in [0.29, 0.717) is 18.3 Å². The van der Waals surface area contributed by atoms with Gasteiger partial charge in [0.1, 0.15) is 6.61 Å². The Hall–Kier alpha value is -1.24. The molecule has 1 aliphatic rings. The van der Waals surface area contributed by atoms with Gasteiger partial charge in [-0.2, -0.15) is 4.98 Å². The van der Waals surface area contributed by atoms with Crippen molar-refractivity contribution in [3.8, 4) is 11.4 Å². The summed E-state index contributed by atoms with van der Waals surface area (Å²) in [6.45, 7) is 4.13. The normalized spacial score (nSPS) is 17.2. The second-order valence-electron chi connectivity index (χ2n) is 4.83. The van der Waals surface area contributed by atoms with Crippen LogP contribution in [-0.2, 0) is 11.3 Å². The Morgan fingerprint density at radius 3 is 2.89 bits per heavy atom. The van der Waals surface area contributed by atoms with Crippen LogP contribution in [0, 0.1) is 0 Å². The van der Waals surface area contributed by atoms with Crippen LogP contribution in [0.5, 0.6) is 0 Å². The molecule has 6 heteroatoms. The standard InChI is InChI=1S/C13H14BrN3O2/c1-13(7-15-8-13)18-6-11-16-12(17-19-11)9-4-2-3-5-10(9)14/h2-5,15H,6-8H2,1H3. The summed E-state index contributed by atoms with van der Waals surface area (Å²) in [6, 6.07) is 7.77. The summed E-state index contributed by atoms with van der Waals surface area (Å²) < 4.78 is 11.9. The Morgan fingerprint density at radius 1 is 1.42 bits per heavy atom. The highest BCUT2D eigenvalue weighted by atomic mass is 79.9. The van der Waals surface area contributed by atoms with E-state index < -0.39 is 0 Å². The third-order valence-corrected chi connectivity index (χ3v) is 3.82. The second kappa shape index (κ2) is 5.03. The maximum absolute atomic E-state index is 5.76. The van der Waals surface area contributed by atoms with Crippen molar-refractivity contribution in [3.05, 3.63) is 34.6 Å². The molecule has 1 fully saturated rings. The molecule has 0 atom stereocenters. The van der Waals surface area contributed by atoms with Crippen LogP contribution in [0.25, 0.3) is 11.4 Å². The van der Waals surface area contributed by atoms with Gasteiger partial charge in [0.25, 0.3) is 5.89 Å². The Kier molecular flexibility index (Phi) is 3.38. The molecule has 1 aliphatic heterocycles. The van der Waals surface area contributed by atoms with E-state index in [2.05, 4.69) is 38.3 Å². The Balaban J connectivity index is 1.71. The average molecular weight is 324 g/mol. The molecule has 1 aromatic carbocycles. The second-order valence-corrected chi connectivity index (χ2v) is 5.69. The number of nitrogens with one attached hydrogen (secondary N) is 1. The lowest BCUT2D eigenvalue weighted by atomic mass is 10.0. The van der Waals surface area contributed by atoms with Crippen molar-refractivity contribution >= 4 is 15.9 Å². The number of aromatic nitrogens is 2. The molecule has 19 heavy (non-hydrogen) atoms. The average Bonchev–Trinajstić information content (AvgIpc) is 2.83. The van der Waals surface area contributed by atoms with Crippen molar-refractivity contribution in [1.29, 1.82) is 0 Å². The van der Waals surface area contributed by atoms with Crippen molar-refractivity contribution < 1.29 is 9.26 Å². The molecule has 1 aromatic heterocycles. The molecule has 0 bridgehead atoms. The van der Waals surface area contributed by atoms with E-state index in [1.807, 2.05) is 24.3 Å². The van der Waals surface area contributed by atoms with Crippen molar-refractivity contribution in [1.82, 2.24) is 15.5 Å². The zero-order valence-electron chi connectivity index (χ0n) is 10.5. The summed E-state index contributed by atoms with van der Waals surface area (Å²) in [5, 5.41) is 7.16. The SMILES string of the molecule is CC1(OCc2nc(-c3ccccc3Br)no2)CNC1. The number of hydrogen-bond acceptors (Lipinski definition) is 5. The smallest absolute Gasteiger partial charge is 0.252 e. The first-order chi connectivity index (χ1) is 9.16. The lowest BCUT2D eigenvalue weighted by Crippen LogP contribution is -2.58. The molecule has 0 saturated carbocycles. The minimum atomic E-state index is -0.109. The van der Waals surface area contributed by atoms with Crippen molar-refractivity contribution in [2.75, 3.05) is 13.1 Å². The van der Waals surface area contributed by atoms with Gasteiger partial charge in [-0.25, -0.2) is 0 Å². The Labute approximate surface area is 119 Å². The first kappa shape index (κ1) is 12.8. The molecular formula is C13H14BrN3O2. The van der Waals surface area contributed by atoms with E-state index in [1.165, 1.54) is 0 Å². The fraction of sp³-hybridized carbons (Fsp3) is 0.385. The van der Waals surface area contributed by atoms with Crippen LogP contribution in [0.2, 0.25) is 0 Å². The summed E-state index contributed by atoms with van der Waals surface area (Å²) >= 11 is 3.47. The first-order valence-electron chi connectivity index (χ1n) is 6.08. The highest BCUT2D eigenvalue weighted by Gasteiger charge is 2.33. The molecule has 0 aliphatic carbocycles. The highest BCUT2D eigenvalue weighted by molar-refractivity contribution is 9.10. The summed E-state index contributed by atoms with van der Waals surface area (Å²) in [5.74, 6) is 1.07. The van der Waals surface area contributed by atoms with Gasteiger partial charge in [0, 0.05) is 23.1 Å². The molecule has 5 nitrogen and oxygen atoms in total. The summed E-state index contributed by atoms with van der Waals surface area (Å²) in [7, 11) is 0. The molecule has 0 unspecified atom stereocenters. The third kappa shape index (κ3) is 2.70. The third-order valence-electron chi connectivity index (χ3n) is 3.12. The van der Waals surface area contributed by atoms with Crippen LogP contribution >= 0.6 is 15.9 Å². The number of benzene rings is 1. The number of hydrogen-bond donors (Lipinski definition) is 1. The van der Waals surface area contributed by atoms with E-state index >= 15 is 0 Å². The Bertz CT molecular complexity index is 581. The summed E-state index contributed by atoms with van der Waals surface area (Å²) in [6.07, 6.45) is 0. The van der Waals surface area contributed by atoms with E-state index in [-0.39, 0.29) is 5.60 Å². The molecule has 2 aromatic rings. The quantitative estimate of drug-likeness (QED) is 0.936. The molecule has 2 heterocycles. The zero-order valence-corrected chi connectivity index (χ0v) is 12.1. The zero-order chi connectivity index (χ0) is 13.3. The van der Waals surface area contributed by atoms with Crippen LogP contribution in [0.4, 0.5) is 0 Å². The molecule has 1 N–H and O–H groups in total.